The van der Waals surface area contributed by atoms with E-state index in [4.69, 9.17) is 10.5 Å². The number of nitrogen functional groups attached to an aromatic ring is 1. The Morgan fingerprint density at radius 1 is 1.50 bits per heavy atom. The number of carbonyl (C=O) groups excluding carboxylic acids is 1. The van der Waals surface area contributed by atoms with Gasteiger partial charge in [-0.2, -0.15) is 0 Å². The molecule has 0 atom stereocenters. The minimum atomic E-state index is -0.529. The van der Waals surface area contributed by atoms with Gasteiger partial charge in [0, 0.05) is 10.9 Å². The number of imidazole rings is 1. The molecule has 0 fully saturated rings. The maximum atomic E-state index is 11.7. The van der Waals surface area contributed by atoms with Gasteiger partial charge in [0.25, 0.3) is 0 Å². The van der Waals surface area contributed by atoms with Crippen molar-refractivity contribution < 1.29 is 9.53 Å². The van der Waals surface area contributed by atoms with Crippen molar-refractivity contribution in [3.05, 3.63) is 39.8 Å². The smallest absolute Gasteiger partial charge is 0.360 e. The second kappa shape index (κ2) is 5.66. The van der Waals surface area contributed by atoms with Crippen LogP contribution in [0.25, 0.3) is 5.69 Å². The van der Waals surface area contributed by atoms with E-state index in [1.807, 2.05) is 32.0 Å². The summed E-state index contributed by atoms with van der Waals surface area (Å²) in [5.41, 5.74) is 8.21. The molecule has 0 bridgehead atoms. The van der Waals surface area contributed by atoms with Gasteiger partial charge in [-0.15, -0.1) is 0 Å². The van der Waals surface area contributed by atoms with Gasteiger partial charge in [0.15, 0.2) is 5.69 Å². The Morgan fingerprint density at radius 3 is 2.75 bits per heavy atom. The number of nitrogens with two attached hydrogens (primary N) is 1. The van der Waals surface area contributed by atoms with Gasteiger partial charge in [0.05, 0.1) is 12.8 Å². The summed E-state index contributed by atoms with van der Waals surface area (Å²) in [5.74, 6) is 0.477. The summed E-state index contributed by atoms with van der Waals surface area (Å²) < 4.78 is 7.38. The van der Waals surface area contributed by atoms with E-state index < -0.39 is 5.97 Å². The molecule has 0 spiro atoms. The Hall–Kier alpha value is -1.82. The van der Waals surface area contributed by atoms with Gasteiger partial charge in [0.2, 0.25) is 0 Å². The zero-order valence-corrected chi connectivity index (χ0v) is 13.2. The molecule has 0 aliphatic heterocycles. The molecule has 0 saturated carbocycles. The van der Waals surface area contributed by atoms with Crippen LogP contribution in [0.5, 0.6) is 0 Å². The van der Waals surface area contributed by atoms with E-state index in [1.54, 1.807) is 4.57 Å². The van der Waals surface area contributed by atoms with Crippen molar-refractivity contribution >= 4 is 27.7 Å². The molecular formula is C14H16BrN3O2. The standard InChI is InChI=1S/C14H16BrN3O2/c1-4-11-17-12(14(19)20-3)13(16)18(11)10-6-5-8(2)7-9(10)15/h5-7H,4,16H2,1-3H3. The van der Waals surface area contributed by atoms with Gasteiger partial charge in [-0.05, 0) is 40.5 Å². The van der Waals surface area contributed by atoms with Crippen molar-refractivity contribution in [3.8, 4) is 5.69 Å². The van der Waals surface area contributed by atoms with Crippen LogP contribution in [-0.2, 0) is 11.2 Å². The van der Waals surface area contributed by atoms with Crippen molar-refractivity contribution in [3.63, 3.8) is 0 Å². The van der Waals surface area contributed by atoms with Crippen molar-refractivity contribution in [2.24, 2.45) is 0 Å². The fourth-order valence-corrected chi connectivity index (χ4v) is 2.70. The van der Waals surface area contributed by atoms with Crippen molar-refractivity contribution in [2.75, 3.05) is 12.8 Å². The Balaban J connectivity index is 2.67. The van der Waals surface area contributed by atoms with E-state index in [2.05, 4.69) is 20.9 Å². The van der Waals surface area contributed by atoms with Gasteiger partial charge in [-0.3, -0.25) is 4.57 Å². The molecule has 0 radical (unpaired) electrons. The van der Waals surface area contributed by atoms with Crippen LogP contribution in [0.4, 0.5) is 5.82 Å². The first-order valence-corrected chi connectivity index (χ1v) is 7.00. The predicted molar refractivity (Wildman–Crippen MR) is 81.1 cm³/mol. The lowest BCUT2D eigenvalue weighted by atomic mass is 10.2. The molecule has 5 nitrogen and oxygen atoms in total. The molecule has 0 aliphatic rings. The third-order valence-corrected chi connectivity index (χ3v) is 3.66. The zero-order valence-electron chi connectivity index (χ0n) is 11.6. The number of aryl methyl sites for hydroxylation is 2. The molecule has 2 N–H and O–H groups in total. The highest BCUT2D eigenvalue weighted by molar-refractivity contribution is 9.10. The number of methoxy groups -OCH3 is 1. The third kappa shape index (κ3) is 2.43. The summed E-state index contributed by atoms with van der Waals surface area (Å²) in [5, 5.41) is 0. The quantitative estimate of drug-likeness (QED) is 0.874. The molecule has 6 heteroatoms. The number of aromatic nitrogens is 2. The highest BCUT2D eigenvalue weighted by atomic mass is 79.9. The molecule has 2 rings (SSSR count). The Labute approximate surface area is 125 Å². The summed E-state index contributed by atoms with van der Waals surface area (Å²) in [7, 11) is 1.31. The van der Waals surface area contributed by atoms with Crippen molar-refractivity contribution in [1.29, 1.82) is 0 Å². The number of hydrogen-bond acceptors (Lipinski definition) is 4. The number of rotatable bonds is 3. The molecule has 0 amide bonds. The molecule has 0 saturated heterocycles. The SMILES string of the molecule is CCc1nc(C(=O)OC)c(N)n1-c1ccc(C)cc1Br. The van der Waals surface area contributed by atoms with E-state index in [0.717, 1.165) is 15.7 Å². The van der Waals surface area contributed by atoms with Crippen LogP contribution in [0.1, 0.15) is 28.8 Å². The molecule has 0 unspecified atom stereocenters. The minimum absolute atomic E-state index is 0.150. The number of hydrogen-bond donors (Lipinski definition) is 1. The second-order valence-corrected chi connectivity index (χ2v) is 5.25. The van der Waals surface area contributed by atoms with Crippen LogP contribution in [0.3, 0.4) is 0 Å². The second-order valence-electron chi connectivity index (χ2n) is 4.40. The average Bonchev–Trinajstić information content (AvgIpc) is 2.75. The molecule has 1 aromatic carbocycles. The summed E-state index contributed by atoms with van der Waals surface area (Å²) in [6.07, 6.45) is 0.654. The van der Waals surface area contributed by atoms with Crippen LogP contribution in [0.2, 0.25) is 0 Å². The summed E-state index contributed by atoms with van der Waals surface area (Å²) in [6, 6.07) is 5.92. The topological polar surface area (TPSA) is 70.1 Å². The predicted octanol–water partition coefficient (Wildman–Crippen LogP) is 2.87. The van der Waals surface area contributed by atoms with Crippen LogP contribution < -0.4 is 5.73 Å². The number of halogens is 1. The number of ether oxygens (including phenoxy) is 1. The largest absolute Gasteiger partial charge is 0.464 e. The number of benzene rings is 1. The lowest BCUT2D eigenvalue weighted by Gasteiger charge is -2.11. The van der Waals surface area contributed by atoms with Gasteiger partial charge >= 0.3 is 5.97 Å². The fourth-order valence-electron chi connectivity index (χ4n) is 2.03. The van der Waals surface area contributed by atoms with Crippen LogP contribution in [0.15, 0.2) is 22.7 Å². The highest BCUT2D eigenvalue weighted by Gasteiger charge is 2.22. The molecule has 1 heterocycles. The van der Waals surface area contributed by atoms with Crippen LogP contribution >= 0.6 is 15.9 Å². The van der Waals surface area contributed by atoms with Gasteiger partial charge in [0.1, 0.15) is 11.6 Å². The number of esters is 1. The van der Waals surface area contributed by atoms with Gasteiger partial charge in [-0.25, -0.2) is 9.78 Å². The first-order chi connectivity index (χ1) is 9.49. The first-order valence-electron chi connectivity index (χ1n) is 6.21. The van der Waals surface area contributed by atoms with Crippen molar-refractivity contribution in [2.45, 2.75) is 20.3 Å². The highest BCUT2D eigenvalue weighted by Crippen LogP contribution is 2.28. The minimum Gasteiger partial charge on any atom is -0.464 e. The Kier molecular flexibility index (Phi) is 4.13. The zero-order chi connectivity index (χ0) is 14.9. The Morgan fingerprint density at radius 2 is 2.20 bits per heavy atom. The van der Waals surface area contributed by atoms with Gasteiger partial charge in [-0.1, -0.05) is 13.0 Å². The number of anilines is 1. The molecule has 2 aromatic rings. The van der Waals surface area contributed by atoms with E-state index in [1.165, 1.54) is 7.11 Å². The Bertz CT molecular complexity index is 665. The monoisotopic (exact) mass is 337 g/mol. The number of carbonyl (C=O) groups is 1. The van der Waals surface area contributed by atoms with E-state index >= 15 is 0 Å². The van der Waals surface area contributed by atoms with Crippen LogP contribution in [-0.4, -0.2) is 22.6 Å². The third-order valence-electron chi connectivity index (χ3n) is 3.02. The lowest BCUT2D eigenvalue weighted by molar-refractivity contribution is 0.0596. The molecule has 106 valence electrons. The fraction of sp³-hybridized carbons (Fsp3) is 0.286. The lowest BCUT2D eigenvalue weighted by Crippen LogP contribution is -2.08. The van der Waals surface area contributed by atoms with E-state index in [0.29, 0.717) is 18.1 Å². The normalized spacial score (nSPS) is 10.6. The van der Waals surface area contributed by atoms with Gasteiger partial charge < -0.3 is 10.5 Å². The van der Waals surface area contributed by atoms with Crippen LogP contribution in [0, 0.1) is 6.92 Å². The van der Waals surface area contributed by atoms with E-state index in [-0.39, 0.29) is 5.69 Å². The summed E-state index contributed by atoms with van der Waals surface area (Å²) in [4.78, 5) is 16.0. The molecular weight excluding hydrogens is 322 g/mol. The molecule has 0 aliphatic carbocycles. The maximum absolute atomic E-state index is 11.7. The molecule has 20 heavy (non-hydrogen) atoms. The maximum Gasteiger partial charge on any atom is 0.360 e. The first kappa shape index (κ1) is 14.6. The molecule has 1 aromatic heterocycles. The van der Waals surface area contributed by atoms with E-state index in [9.17, 15) is 4.79 Å². The number of nitrogens with zero attached hydrogens (tertiary/aromatic N) is 2. The van der Waals surface area contributed by atoms with Crippen molar-refractivity contribution in [1.82, 2.24) is 9.55 Å². The summed E-state index contributed by atoms with van der Waals surface area (Å²) in [6.45, 7) is 3.97. The average molecular weight is 338 g/mol. The summed E-state index contributed by atoms with van der Waals surface area (Å²) >= 11 is 3.52.